The zero-order valence-corrected chi connectivity index (χ0v) is 14.1. The molecule has 0 aromatic heterocycles. The van der Waals surface area contributed by atoms with Crippen LogP contribution in [0.3, 0.4) is 0 Å². The number of aliphatic hydroxyl groups is 1. The first-order chi connectivity index (χ1) is 10.4. The highest BCUT2D eigenvalue weighted by Gasteiger charge is 2.37. The first-order valence-corrected chi connectivity index (χ1v) is 9.98. The minimum absolute atomic E-state index is 0.247. The van der Waals surface area contributed by atoms with Gasteiger partial charge in [-0.2, -0.15) is 0 Å². The highest BCUT2D eigenvalue weighted by atomic mass is 35.5. The highest BCUT2D eigenvalue weighted by Crippen LogP contribution is 2.37. The van der Waals surface area contributed by atoms with E-state index < -0.39 is 15.4 Å². The van der Waals surface area contributed by atoms with Crippen molar-refractivity contribution in [3.8, 4) is 0 Å². The third kappa shape index (κ3) is 3.48. The molecule has 0 aliphatic carbocycles. The van der Waals surface area contributed by atoms with Crippen LogP contribution in [0.1, 0.15) is 24.8 Å². The topological polar surface area (TPSA) is 57.6 Å². The van der Waals surface area contributed by atoms with Crippen molar-refractivity contribution in [3.05, 3.63) is 34.9 Å². The number of likely N-dealkylation sites (tertiary alicyclic amines) is 1. The van der Waals surface area contributed by atoms with Crippen LogP contribution >= 0.6 is 11.6 Å². The van der Waals surface area contributed by atoms with E-state index in [0.29, 0.717) is 29.4 Å². The Hall–Kier alpha value is -0.620. The summed E-state index contributed by atoms with van der Waals surface area (Å²) in [6, 6.07) is 7.46. The molecule has 0 radical (unpaired) electrons. The third-order valence-electron chi connectivity index (χ3n) is 4.90. The maximum Gasteiger partial charge on any atom is 0.150 e. The Bertz CT molecular complexity index is 639. The van der Waals surface area contributed by atoms with Crippen molar-refractivity contribution >= 4 is 21.4 Å². The van der Waals surface area contributed by atoms with Crippen LogP contribution in [-0.2, 0) is 15.4 Å². The highest BCUT2D eigenvalue weighted by molar-refractivity contribution is 7.91. The van der Waals surface area contributed by atoms with E-state index in [-0.39, 0.29) is 5.92 Å². The lowest BCUT2D eigenvalue weighted by molar-refractivity contribution is -0.0281. The van der Waals surface area contributed by atoms with E-state index in [9.17, 15) is 13.5 Å². The van der Waals surface area contributed by atoms with Crippen molar-refractivity contribution in [2.75, 3.05) is 31.1 Å². The summed E-state index contributed by atoms with van der Waals surface area (Å²) in [5.74, 6) is 0.893. The maximum absolute atomic E-state index is 11.5. The second-order valence-corrected chi connectivity index (χ2v) is 9.22. The molecule has 2 fully saturated rings. The van der Waals surface area contributed by atoms with E-state index in [0.717, 1.165) is 31.6 Å². The van der Waals surface area contributed by atoms with Gasteiger partial charge in [0.15, 0.2) is 9.84 Å². The summed E-state index contributed by atoms with van der Waals surface area (Å²) in [7, 11) is -2.81. The van der Waals surface area contributed by atoms with Gasteiger partial charge < -0.3 is 10.0 Å². The second-order valence-electron chi connectivity index (χ2n) is 6.58. The summed E-state index contributed by atoms with van der Waals surface area (Å²) < 4.78 is 23.1. The molecule has 1 aromatic rings. The van der Waals surface area contributed by atoms with Crippen molar-refractivity contribution < 1.29 is 13.5 Å². The molecule has 1 N–H and O–H groups in total. The number of piperidine rings is 1. The van der Waals surface area contributed by atoms with E-state index in [1.165, 1.54) is 0 Å². The van der Waals surface area contributed by atoms with Gasteiger partial charge in [-0.3, -0.25) is 0 Å². The first kappa shape index (κ1) is 16.2. The standard InChI is InChI=1S/C16H22ClNO3S/c17-15-4-2-1-3-14(15)16(19)6-8-18(9-7-16)11-13-5-10-22(20,21)12-13/h1-4,13,19H,5-12H2/t13-/m1/s1. The minimum Gasteiger partial charge on any atom is -0.385 e. The van der Waals surface area contributed by atoms with E-state index in [1.54, 1.807) is 0 Å². The van der Waals surface area contributed by atoms with Crippen LogP contribution in [0.5, 0.6) is 0 Å². The number of nitrogens with zero attached hydrogens (tertiary/aromatic N) is 1. The normalized spacial score (nSPS) is 27.8. The molecule has 0 spiro atoms. The van der Waals surface area contributed by atoms with Crippen molar-refractivity contribution in [1.82, 2.24) is 4.90 Å². The number of rotatable bonds is 3. The summed E-state index contributed by atoms with van der Waals surface area (Å²) in [6.45, 7) is 2.37. The van der Waals surface area contributed by atoms with Crippen molar-refractivity contribution in [1.29, 1.82) is 0 Å². The molecule has 0 amide bonds. The Morgan fingerprint density at radius 1 is 1.27 bits per heavy atom. The summed E-state index contributed by atoms with van der Waals surface area (Å²) >= 11 is 6.21. The fraction of sp³-hybridized carbons (Fsp3) is 0.625. The number of hydrogen-bond acceptors (Lipinski definition) is 4. The molecule has 2 aliphatic rings. The summed E-state index contributed by atoms with van der Waals surface area (Å²) in [6.07, 6.45) is 2.04. The van der Waals surface area contributed by atoms with Crippen LogP contribution in [-0.4, -0.2) is 49.6 Å². The average molecular weight is 344 g/mol. The van der Waals surface area contributed by atoms with Gasteiger partial charge in [0.1, 0.15) is 0 Å². The molecule has 1 atom stereocenters. The quantitative estimate of drug-likeness (QED) is 0.912. The van der Waals surface area contributed by atoms with Crippen LogP contribution in [0.25, 0.3) is 0 Å². The van der Waals surface area contributed by atoms with Gasteiger partial charge in [-0.05, 0) is 31.2 Å². The van der Waals surface area contributed by atoms with Crippen LogP contribution < -0.4 is 0 Å². The monoisotopic (exact) mass is 343 g/mol. The largest absolute Gasteiger partial charge is 0.385 e. The Kier molecular flexibility index (Phi) is 4.52. The van der Waals surface area contributed by atoms with E-state index >= 15 is 0 Å². The predicted molar refractivity (Wildman–Crippen MR) is 87.8 cm³/mol. The van der Waals surface area contributed by atoms with Gasteiger partial charge in [0.2, 0.25) is 0 Å². The molecule has 0 unspecified atom stereocenters. The van der Waals surface area contributed by atoms with Gasteiger partial charge >= 0.3 is 0 Å². The molecule has 0 bridgehead atoms. The molecular formula is C16H22ClNO3S. The molecule has 2 aliphatic heterocycles. The Labute approximate surface area is 137 Å². The zero-order valence-electron chi connectivity index (χ0n) is 12.5. The smallest absolute Gasteiger partial charge is 0.150 e. The lowest BCUT2D eigenvalue weighted by Crippen LogP contribution is -2.44. The molecule has 22 heavy (non-hydrogen) atoms. The van der Waals surface area contributed by atoms with Gasteiger partial charge in [-0.1, -0.05) is 29.8 Å². The van der Waals surface area contributed by atoms with E-state index in [2.05, 4.69) is 4.90 Å². The molecule has 6 heteroatoms. The molecule has 0 saturated carbocycles. The van der Waals surface area contributed by atoms with Crippen molar-refractivity contribution in [3.63, 3.8) is 0 Å². The van der Waals surface area contributed by atoms with Crippen molar-refractivity contribution in [2.24, 2.45) is 5.92 Å². The van der Waals surface area contributed by atoms with Crippen molar-refractivity contribution in [2.45, 2.75) is 24.9 Å². The van der Waals surface area contributed by atoms with Gasteiger partial charge in [0, 0.05) is 30.2 Å². The summed E-state index contributed by atoms with van der Waals surface area (Å²) in [5.41, 5.74) is -0.0592. The van der Waals surface area contributed by atoms with Gasteiger partial charge in [0.05, 0.1) is 17.1 Å². The summed E-state index contributed by atoms with van der Waals surface area (Å²) in [4.78, 5) is 2.27. The molecule has 2 heterocycles. The second kappa shape index (κ2) is 6.11. The Balaban J connectivity index is 1.60. The molecule has 4 nitrogen and oxygen atoms in total. The predicted octanol–water partition coefficient (Wildman–Crippen LogP) is 2.06. The fourth-order valence-electron chi connectivity index (χ4n) is 3.59. The van der Waals surface area contributed by atoms with Crippen LogP contribution in [0, 0.1) is 5.92 Å². The average Bonchev–Trinajstić information content (AvgIpc) is 2.81. The Morgan fingerprint density at radius 2 is 1.95 bits per heavy atom. The van der Waals surface area contributed by atoms with Gasteiger partial charge in [-0.15, -0.1) is 0 Å². The molecule has 2 saturated heterocycles. The fourth-order valence-corrected chi connectivity index (χ4v) is 5.76. The van der Waals surface area contributed by atoms with E-state index in [1.807, 2.05) is 24.3 Å². The lowest BCUT2D eigenvalue weighted by atomic mass is 9.84. The van der Waals surface area contributed by atoms with Gasteiger partial charge in [-0.25, -0.2) is 8.42 Å². The lowest BCUT2D eigenvalue weighted by Gasteiger charge is -2.39. The number of hydrogen-bond donors (Lipinski definition) is 1. The maximum atomic E-state index is 11.5. The van der Waals surface area contributed by atoms with Crippen LogP contribution in [0.4, 0.5) is 0 Å². The van der Waals surface area contributed by atoms with E-state index in [4.69, 9.17) is 11.6 Å². The first-order valence-electron chi connectivity index (χ1n) is 7.78. The summed E-state index contributed by atoms with van der Waals surface area (Å²) in [5, 5.41) is 11.5. The SMILES string of the molecule is O=S1(=O)CC[C@H](CN2CCC(O)(c3ccccc3Cl)CC2)C1. The van der Waals surface area contributed by atoms with Crippen LogP contribution in [0.2, 0.25) is 5.02 Å². The molecular weight excluding hydrogens is 322 g/mol. The molecule has 122 valence electrons. The number of benzene rings is 1. The zero-order chi connectivity index (χ0) is 15.8. The van der Waals surface area contributed by atoms with Crippen LogP contribution in [0.15, 0.2) is 24.3 Å². The number of halogens is 1. The van der Waals surface area contributed by atoms with Gasteiger partial charge in [0.25, 0.3) is 0 Å². The Morgan fingerprint density at radius 3 is 2.55 bits per heavy atom. The minimum atomic E-state index is -2.81. The molecule has 1 aromatic carbocycles. The third-order valence-corrected chi connectivity index (χ3v) is 7.07. The molecule has 3 rings (SSSR count). The number of sulfone groups is 1.